The molecule has 0 unspecified atom stereocenters. The van der Waals surface area contributed by atoms with E-state index in [1.807, 2.05) is 37.6 Å². The second kappa shape index (κ2) is 7.72. The summed E-state index contributed by atoms with van der Waals surface area (Å²) >= 11 is 0. The summed E-state index contributed by atoms with van der Waals surface area (Å²) in [4.78, 5) is 8.14. The number of nitrogens with zero attached hydrogens (tertiary/aromatic N) is 3. The summed E-state index contributed by atoms with van der Waals surface area (Å²) in [5.74, 6) is 0.845. The van der Waals surface area contributed by atoms with Gasteiger partial charge in [0.2, 0.25) is 0 Å². The molecule has 0 amide bonds. The molecule has 1 radical (unpaired) electrons. The summed E-state index contributed by atoms with van der Waals surface area (Å²) in [6.07, 6.45) is 7.08. The molecule has 2 heterocycles. The average Bonchev–Trinajstić information content (AvgIpc) is 2.75. The number of rotatable bonds is 1. The van der Waals surface area contributed by atoms with E-state index in [1.54, 1.807) is 18.7 Å². The van der Waals surface area contributed by atoms with Crippen molar-refractivity contribution in [3.8, 4) is 5.82 Å². The van der Waals surface area contributed by atoms with E-state index in [2.05, 4.69) is 16.0 Å². The zero-order valence-corrected chi connectivity index (χ0v) is 12.1. The van der Waals surface area contributed by atoms with E-state index in [0.717, 1.165) is 11.4 Å². The number of imidazole rings is 1. The van der Waals surface area contributed by atoms with Gasteiger partial charge in [0.1, 0.15) is 0 Å². The van der Waals surface area contributed by atoms with Crippen molar-refractivity contribution < 1.29 is 32.7 Å². The summed E-state index contributed by atoms with van der Waals surface area (Å²) in [6.45, 7) is 5.96. The Morgan fingerprint density at radius 2 is 2.07 bits per heavy atom. The summed E-state index contributed by atoms with van der Waals surface area (Å²) in [5, 5.41) is 0. The van der Waals surface area contributed by atoms with E-state index in [0.29, 0.717) is 0 Å². The Kier molecular flexibility index (Phi) is 7.44. The van der Waals surface area contributed by atoms with E-state index < -0.39 is 0 Å². The maximum atomic E-state index is 4.21. The number of aromatic nitrogens is 3. The Hall–Kier alpha value is -0.536. The van der Waals surface area contributed by atoms with Gasteiger partial charge in [-0.25, -0.2) is 4.98 Å². The van der Waals surface area contributed by atoms with Crippen molar-refractivity contribution in [2.45, 2.75) is 20.8 Å². The predicted octanol–water partition coefficient (Wildman–Crippen LogP) is 2.40. The summed E-state index contributed by atoms with van der Waals surface area (Å²) in [6, 6.07) is 4.92. The molecule has 0 aromatic carbocycles. The smallest absolute Gasteiger partial charge is 0.0891 e. The molecule has 2 aromatic heterocycles. The second-order valence-corrected chi connectivity index (χ2v) is 2.56. The monoisotopic (exact) mass is 277 g/mol. The molecule has 2 rings (SSSR count). The predicted molar refractivity (Wildman–Crippen MR) is 56.3 cm³/mol. The van der Waals surface area contributed by atoms with Gasteiger partial charge < -0.3 is 9.55 Å². The molecule has 0 bridgehead atoms. The molecule has 0 N–H and O–H groups in total. The average molecular weight is 277 g/mol. The van der Waals surface area contributed by atoms with Crippen molar-refractivity contribution in [2.24, 2.45) is 0 Å². The fraction of sp³-hybridized carbons (Fsp3) is 0.273. The Morgan fingerprint density at radius 1 is 1.33 bits per heavy atom. The number of pyridine rings is 1. The van der Waals surface area contributed by atoms with Gasteiger partial charge in [0, 0.05) is 50.9 Å². The Morgan fingerprint density at radius 3 is 2.53 bits per heavy atom. The number of hydrogen-bond donors (Lipinski definition) is 0. The van der Waals surface area contributed by atoms with Crippen LogP contribution < -0.4 is 0 Å². The van der Waals surface area contributed by atoms with Gasteiger partial charge in [-0.05, 0) is 0 Å². The van der Waals surface area contributed by atoms with Gasteiger partial charge in [0.25, 0.3) is 0 Å². The van der Waals surface area contributed by atoms with E-state index in [-0.39, 0.29) is 32.7 Å². The third-order valence-electron chi connectivity index (χ3n) is 1.59. The maximum Gasteiger partial charge on any atom is 0.0891 e. The molecule has 0 fully saturated rings. The van der Waals surface area contributed by atoms with Crippen molar-refractivity contribution in [1.29, 1.82) is 0 Å². The van der Waals surface area contributed by atoms with Crippen LogP contribution in [0.2, 0.25) is 0 Å². The summed E-state index contributed by atoms with van der Waals surface area (Å²) < 4.78 is 1.84. The topological polar surface area (TPSA) is 30.7 Å². The molecule has 15 heavy (non-hydrogen) atoms. The molecule has 0 atom stereocenters. The maximum absolute atomic E-state index is 4.21. The molecule has 0 saturated carbocycles. The van der Waals surface area contributed by atoms with Gasteiger partial charge >= 0.3 is 0 Å². The van der Waals surface area contributed by atoms with E-state index >= 15 is 0 Å². The van der Waals surface area contributed by atoms with Gasteiger partial charge in [0.05, 0.1) is 6.33 Å². The van der Waals surface area contributed by atoms with Crippen LogP contribution in [0.25, 0.3) is 5.82 Å². The molecular formula is C11H14N3Y-. The van der Waals surface area contributed by atoms with Crippen LogP contribution in [-0.4, -0.2) is 14.5 Å². The van der Waals surface area contributed by atoms with Gasteiger partial charge in [0.15, 0.2) is 0 Å². The minimum Gasteiger partial charge on any atom is -0.367 e. The Balaban J connectivity index is 0.000000617. The summed E-state index contributed by atoms with van der Waals surface area (Å²) in [7, 11) is 0. The van der Waals surface area contributed by atoms with Crippen LogP contribution in [-0.2, 0) is 32.7 Å². The summed E-state index contributed by atoms with van der Waals surface area (Å²) in [5.41, 5.74) is 1.04. The second-order valence-electron chi connectivity index (χ2n) is 2.56. The molecule has 0 aliphatic rings. The number of aryl methyl sites for hydroxylation is 1. The van der Waals surface area contributed by atoms with Crippen molar-refractivity contribution in [3.05, 3.63) is 42.6 Å². The first-order valence-corrected chi connectivity index (χ1v) is 4.69. The van der Waals surface area contributed by atoms with Crippen molar-refractivity contribution in [2.75, 3.05) is 0 Å². The minimum absolute atomic E-state index is 0. The fourth-order valence-corrected chi connectivity index (χ4v) is 0.952. The molecule has 0 aliphatic carbocycles. The molecule has 2 aromatic rings. The first kappa shape index (κ1) is 14.5. The van der Waals surface area contributed by atoms with E-state index in [9.17, 15) is 0 Å². The third kappa shape index (κ3) is 4.23. The SMILES string of the molecule is CC.Cc1[c-]cc(-n2ccnc2)nc1.[Y]. The number of hydrogen-bond acceptors (Lipinski definition) is 2. The first-order chi connectivity index (χ1) is 6.86. The molecule has 4 heteroatoms. The standard InChI is InChI=1S/C9H8N3.C2H6.Y/c1-8-2-3-9(11-6-8)12-5-4-10-7-12;1-2;/h3-7H,1H3;1-2H3;/q-1;;. The van der Waals surface area contributed by atoms with Crippen LogP contribution in [0, 0.1) is 13.0 Å². The van der Waals surface area contributed by atoms with Crippen molar-refractivity contribution in [1.82, 2.24) is 14.5 Å². The van der Waals surface area contributed by atoms with Crippen LogP contribution in [0.4, 0.5) is 0 Å². The quantitative estimate of drug-likeness (QED) is 0.749. The van der Waals surface area contributed by atoms with E-state index in [1.165, 1.54) is 0 Å². The molecule has 77 valence electrons. The fourth-order valence-electron chi connectivity index (χ4n) is 0.952. The van der Waals surface area contributed by atoms with E-state index in [4.69, 9.17) is 0 Å². The van der Waals surface area contributed by atoms with Crippen LogP contribution in [0.1, 0.15) is 19.4 Å². The molecule has 0 spiro atoms. The normalized spacial score (nSPS) is 8.47. The zero-order valence-electron chi connectivity index (χ0n) is 9.31. The van der Waals surface area contributed by atoms with Gasteiger partial charge in [-0.15, -0.1) is 11.6 Å². The molecule has 0 saturated heterocycles. The third-order valence-corrected chi connectivity index (χ3v) is 1.59. The molecule has 3 nitrogen and oxygen atoms in total. The van der Waals surface area contributed by atoms with Crippen molar-refractivity contribution >= 4 is 0 Å². The first-order valence-electron chi connectivity index (χ1n) is 4.69. The minimum atomic E-state index is 0. The molecular weight excluding hydrogens is 263 g/mol. The van der Waals surface area contributed by atoms with Gasteiger partial charge in [-0.1, -0.05) is 27.0 Å². The van der Waals surface area contributed by atoms with Crippen molar-refractivity contribution in [3.63, 3.8) is 0 Å². The van der Waals surface area contributed by atoms with Crippen LogP contribution in [0.3, 0.4) is 0 Å². The Labute approximate surface area is 116 Å². The molecule has 0 aliphatic heterocycles. The van der Waals surface area contributed by atoms with Gasteiger partial charge in [-0.2, -0.15) is 6.07 Å². The van der Waals surface area contributed by atoms with Crippen LogP contribution in [0.5, 0.6) is 0 Å². The van der Waals surface area contributed by atoms with Crippen LogP contribution >= 0.6 is 0 Å². The largest absolute Gasteiger partial charge is 0.367 e. The zero-order chi connectivity index (χ0) is 10.4. The van der Waals surface area contributed by atoms with Gasteiger partial charge in [-0.3, -0.25) is 0 Å². The Bertz CT molecular complexity index is 354. The van der Waals surface area contributed by atoms with Crippen LogP contribution in [0.15, 0.2) is 31.0 Å².